The highest BCUT2D eigenvalue weighted by atomic mass is 32.2. The van der Waals surface area contributed by atoms with Gasteiger partial charge in [0, 0.05) is 6.54 Å². The van der Waals surface area contributed by atoms with Gasteiger partial charge in [0.25, 0.3) is 5.91 Å². The second kappa shape index (κ2) is 7.30. The minimum absolute atomic E-state index is 0.0435. The van der Waals surface area contributed by atoms with Gasteiger partial charge in [-0.25, -0.2) is 13.2 Å². The molecule has 0 bridgehead atoms. The van der Waals surface area contributed by atoms with Crippen molar-refractivity contribution >= 4 is 27.7 Å². The molecule has 0 aliphatic carbocycles. The number of benzene rings is 1. The van der Waals surface area contributed by atoms with Crippen molar-refractivity contribution in [2.45, 2.75) is 38.3 Å². The molecule has 0 saturated carbocycles. The van der Waals surface area contributed by atoms with Crippen molar-refractivity contribution in [3.63, 3.8) is 0 Å². The molecule has 2 N–H and O–H groups in total. The van der Waals surface area contributed by atoms with E-state index in [9.17, 15) is 22.8 Å². The monoisotopic (exact) mass is 393 g/mol. The van der Waals surface area contributed by atoms with Crippen molar-refractivity contribution in [1.29, 1.82) is 0 Å². The zero-order chi connectivity index (χ0) is 19.7. The van der Waals surface area contributed by atoms with Gasteiger partial charge < -0.3 is 10.6 Å². The number of carbonyl (C=O) groups is 3. The van der Waals surface area contributed by atoms with Crippen molar-refractivity contribution < 1.29 is 22.8 Å². The standard InChI is InChI=1S/C18H23N3O5S/c1-2-13-3-5-14(6-4-13)11-19-15(22)12-21-16(23)18(20-17(21)24)7-9-27(25,26)10-8-18/h3-6H,2,7-12H2,1H3,(H,19,22)(H,20,24). The Kier molecular flexibility index (Phi) is 5.23. The Morgan fingerprint density at radius 3 is 2.33 bits per heavy atom. The molecule has 3 rings (SSSR count). The molecule has 0 unspecified atom stereocenters. The van der Waals surface area contributed by atoms with Gasteiger partial charge in [-0.3, -0.25) is 14.5 Å². The first-order valence-electron chi connectivity index (χ1n) is 8.94. The van der Waals surface area contributed by atoms with Crippen LogP contribution >= 0.6 is 0 Å². The van der Waals surface area contributed by atoms with Crippen LogP contribution in [0.15, 0.2) is 24.3 Å². The Hall–Kier alpha value is -2.42. The largest absolute Gasteiger partial charge is 0.350 e. The van der Waals surface area contributed by atoms with Crippen LogP contribution in [0.3, 0.4) is 0 Å². The van der Waals surface area contributed by atoms with E-state index in [4.69, 9.17) is 0 Å². The molecule has 0 radical (unpaired) electrons. The van der Waals surface area contributed by atoms with Crippen LogP contribution in [0.25, 0.3) is 0 Å². The topological polar surface area (TPSA) is 113 Å². The van der Waals surface area contributed by atoms with Gasteiger partial charge in [-0.1, -0.05) is 31.2 Å². The smallest absolute Gasteiger partial charge is 0.325 e. The van der Waals surface area contributed by atoms with E-state index in [1.54, 1.807) is 0 Å². The lowest BCUT2D eigenvalue weighted by Gasteiger charge is -2.30. The van der Waals surface area contributed by atoms with Crippen LogP contribution in [0.4, 0.5) is 4.79 Å². The summed E-state index contributed by atoms with van der Waals surface area (Å²) in [5.41, 5.74) is 0.925. The average molecular weight is 393 g/mol. The van der Waals surface area contributed by atoms with E-state index in [1.807, 2.05) is 24.3 Å². The fourth-order valence-corrected chi connectivity index (χ4v) is 4.86. The number of imide groups is 1. The first-order chi connectivity index (χ1) is 12.7. The van der Waals surface area contributed by atoms with Gasteiger partial charge in [-0.05, 0) is 30.4 Å². The van der Waals surface area contributed by atoms with Crippen LogP contribution in [0, 0.1) is 0 Å². The van der Waals surface area contributed by atoms with Crippen LogP contribution in [0.2, 0.25) is 0 Å². The highest BCUT2D eigenvalue weighted by Gasteiger charge is 2.53. The van der Waals surface area contributed by atoms with Crippen molar-refractivity contribution in [2.75, 3.05) is 18.1 Å². The van der Waals surface area contributed by atoms with Gasteiger partial charge in [0.1, 0.15) is 12.1 Å². The Labute approximate surface area is 158 Å². The van der Waals surface area contributed by atoms with Gasteiger partial charge in [-0.2, -0.15) is 0 Å². The molecule has 1 aromatic rings. The summed E-state index contributed by atoms with van der Waals surface area (Å²) in [7, 11) is -3.17. The summed E-state index contributed by atoms with van der Waals surface area (Å²) in [6, 6.07) is 7.16. The molecule has 9 heteroatoms. The molecular formula is C18H23N3O5S. The number of hydrogen-bond donors (Lipinski definition) is 2. The number of rotatable bonds is 5. The lowest BCUT2D eigenvalue weighted by molar-refractivity contribution is -0.135. The maximum atomic E-state index is 12.7. The number of hydrogen-bond acceptors (Lipinski definition) is 5. The molecule has 2 aliphatic rings. The average Bonchev–Trinajstić information content (AvgIpc) is 2.87. The van der Waals surface area contributed by atoms with E-state index in [0.29, 0.717) is 6.54 Å². The number of sulfone groups is 1. The van der Waals surface area contributed by atoms with E-state index >= 15 is 0 Å². The second-order valence-electron chi connectivity index (χ2n) is 7.00. The molecule has 8 nitrogen and oxygen atoms in total. The third kappa shape index (κ3) is 4.13. The predicted octanol–water partition coefficient (Wildman–Crippen LogP) is 0.364. The molecule has 1 spiro atoms. The van der Waals surface area contributed by atoms with Crippen LogP contribution in [0.5, 0.6) is 0 Å². The summed E-state index contributed by atoms with van der Waals surface area (Å²) in [4.78, 5) is 37.9. The Balaban J connectivity index is 1.57. The Morgan fingerprint density at radius 2 is 1.74 bits per heavy atom. The quantitative estimate of drug-likeness (QED) is 0.702. The van der Waals surface area contributed by atoms with Crippen molar-refractivity contribution in [2.24, 2.45) is 0 Å². The molecule has 4 amide bonds. The summed E-state index contributed by atoms with van der Waals surface area (Å²) in [6.45, 7) is 1.98. The van der Waals surface area contributed by atoms with Crippen molar-refractivity contribution in [3.05, 3.63) is 35.4 Å². The molecule has 27 heavy (non-hydrogen) atoms. The van der Waals surface area contributed by atoms with E-state index in [-0.39, 0.29) is 30.9 Å². The zero-order valence-electron chi connectivity index (χ0n) is 15.2. The number of aryl methyl sites for hydroxylation is 1. The van der Waals surface area contributed by atoms with E-state index < -0.39 is 33.2 Å². The second-order valence-corrected chi connectivity index (χ2v) is 9.31. The molecule has 2 fully saturated rings. The maximum Gasteiger partial charge on any atom is 0.325 e. The molecule has 0 atom stereocenters. The maximum absolute atomic E-state index is 12.7. The Morgan fingerprint density at radius 1 is 1.15 bits per heavy atom. The zero-order valence-corrected chi connectivity index (χ0v) is 16.0. The van der Waals surface area contributed by atoms with Gasteiger partial charge in [0.15, 0.2) is 9.84 Å². The first kappa shape index (κ1) is 19.3. The summed E-state index contributed by atoms with van der Waals surface area (Å²) >= 11 is 0. The third-order valence-electron chi connectivity index (χ3n) is 5.15. The SMILES string of the molecule is CCc1ccc(CNC(=O)CN2C(=O)NC3(CCS(=O)(=O)CC3)C2=O)cc1. The molecule has 0 aromatic heterocycles. The molecular weight excluding hydrogens is 370 g/mol. The van der Waals surface area contributed by atoms with Crippen LogP contribution in [0.1, 0.15) is 30.9 Å². The third-order valence-corrected chi connectivity index (χ3v) is 6.80. The fraction of sp³-hybridized carbons (Fsp3) is 0.500. The highest BCUT2D eigenvalue weighted by molar-refractivity contribution is 7.91. The van der Waals surface area contributed by atoms with Crippen LogP contribution < -0.4 is 10.6 Å². The van der Waals surface area contributed by atoms with Gasteiger partial charge in [0.2, 0.25) is 5.91 Å². The summed E-state index contributed by atoms with van der Waals surface area (Å²) in [5, 5.41) is 5.29. The number of amides is 4. The lowest BCUT2D eigenvalue weighted by Crippen LogP contribution is -2.52. The number of carbonyl (C=O) groups excluding carboxylic acids is 3. The molecule has 2 aliphatic heterocycles. The minimum Gasteiger partial charge on any atom is -0.350 e. The summed E-state index contributed by atoms with van der Waals surface area (Å²) in [6.07, 6.45) is 1.02. The minimum atomic E-state index is -3.17. The van der Waals surface area contributed by atoms with E-state index in [1.165, 1.54) is 5.56 Å². The summed E-state index contributed by atoms with van der Waals surface area (Å²) in [5.74, 6) is -1.26. The normalized spacial score (nSPS) is 20.6. The summed E-state index contributed by atoms with van der Waals surface area (Å²) < 4.78 is 23.2. The van der Waals surface area contributed by atoms with Crippen LogP contribution in [-0.2, 0) is 32.4 Å². The predicted molar refractivity (Wildman–Crippen MR) is 98.5 cm³/mol. The number of nitrogens with one attached hydrogen (secondary N) is 2. The highest BCUT2D eigenvalue weighted by Crippen LogP contribution is 2.30. The molecule has 2 saturated heterocycles. The van der Waals surface area contributed by atoms with Crippen molar-refractivity contribution in [1.82, 2.24) is 15.5 Å². The van der Waals surface area contributed by atoms with Gasteiger partial charge in [0.05, 0.1) is 11.5 Å². The van der Waals surface area contributed by atoms with Crippen LogP contribution in [-0.4, -0.2) is 54.8 Å². The fourth-order valence-electron chi connectivity index (χ4n) is 3.34. The van der Waals surface area contributed by atoms with Gasteiger partial charge in [-0.15, -0.1) is 0 Å². The van der Waals surface area contributed by atoms with E-state index in [2.05, 4.69) is 17.6 Å². The lowest BCUT2D eigenvalue weighted by atomic mass is 9.92. The number of urea groups is 1. The molecule has 2 heterocycles. The first-order valence-corrected chi connectivity index (χ1v) is 10.8. The number of nitrogens with zero attached hydrogens (tertiary/aromatic N) is 1. The molecule has 1 aromatic carbocycles. The van der Waals surface area contributed by atoms with Crippen molar-refractivity contribution in [3.8, 4) is 0 Å². The van der Waals surface area contributed by atoms with Gasteiger partial charge >= 0.3 is 6.03 Å². The van der Waals surface area contributed by atoms with E-state index in [0.717, 1.165) is 16.9 Å². The Bertz CT molecular complexity index is 849. The molecule has 146 valence electrons.